The molecule has 0 unspecified atom stereocenters. The van der Waals surface area contributed by atoms with Crippen LogP contribution in [0, 0.1) is 11.7 Å². The lowest BCUT2D eigenvalue weighted by Crippen LogP contribution is -2.42. The van der Waals surface area contributed by atoms with Gasteiger partial charge >= 0.3 is 0 Å². The summed E-state index contributed by atoms with van der Waals surface area (Å²) in [5.74, 6) is 1.71. The number of aliphatic hydroxyl groups is 1. The quantitative estimate of drug-likeness (QED) is 0.839. The van der Waals surface area contributed by atoms with Gasteiger partial charge in [-0.05, 0) is 49.4 Å². The number of ether oxygens (including phenoxy) is 1. The molecule has 1 aliphatic rings. The molecule has 21 heavy (non-hydrogen) atoms. The molecule has 1 fully saturated rings. The van der Waals surface area contributed by atoms with E-state index in [0.717, 1.165) is 13.1 Å². The molecule has 1 heterocycles. The summed E-state index contributed by atoms with van der Waals surface area (Å²) in [4.78, 5) is 2.29. The minimum Gasteiger partial charge on any atom is -0.488 e. The van der Waals surface area contributed by atoms with Gasteiger partial charge in [-0.2, -0.15) is 11.8 Å². The zero-order valence-electron chi connectivity index (χ0n) is 12.5. The Morgan fingerprint density at radius 2 is 2.29 bits per heavy atom. The van der Waals surface area contributed by atoms with Crippen LogP contribution in [0.5, 0.6) is 5.75 Å². The lowest BCUT2D eigenvalue weighted by molar-refractivity contribution is 0.0530. The molecular weight excluding hydrogens is 289 g/mol. The van der Waals surface area contributed by atoms with Crippen LogP contribution in [0.4, 0.5) is 4.39 Å². The van der Waals surface area contributed by atoms with Crippen LogP contribution in [0.3, 0.4) is 0 Å². The maximum atomic E-state index is 13.4. The standard InChI is InChI=1S/C16H24FNO2S/c1-21-12-13-5-4-8-18(9-13)10-14(19)11-20-16-7-3-2-6-15(16)17/h2-3,6-7,13-14,19H,4-5,8-12H2,1H3/t13-,14-/m1/s1. The van der Waals surface area contributed by atoms with Crippen LogP contribution in [0.1, 0.15) is 12.8 Å². The van der Waals surface area contributed by atoms with Gasteiger partial charge in [0.1, 0.15) is 12.7 Å². The molecule has 1 aliphatic heterocycles. The first-order chi connectivity index (χ1) is 10.2. The average Bonchev–Trinajstić information content (AvgIpc) is 2.47. The second-order valence-electron chi connectivity index (χ2n) is 5.62. The van der Waals surface area contributed by atoms with E-state index in [4.69, 9.17) is 4.74 Å². The Morgan fingerprint density at radius 1 is 1.48 bits per heavy atom. The summed E-state index contributed by atoms with van der Waals surface area (Å²) in [5.41, 5.74) is 0. The molecule has 1 aromatic rings. The van der Waals surface area contributed by atoms with Gasteiger partial charge in [-0.25, -0.2) is 4.39 Å². The highest BCUT2D eigenvalue weighted by Gasteiger charge is 2.21. The highest BCUT2D eigenvalue weighted by atomic mass is 32.2. The summed E-state index contributed by atoms with van der Waals surface area (Å²) in [6, 6.07) is 6.29. The molecule has 0 radical (unpaired) electrons. The molecular formula is C16H24FNO2S. The number of hydrogen-bond acceptors (Lipinski definition) is 4. The van der Waals surface area contributed by atoms with Crippen LogP contribution in [0.15, 0.2) is 24.3 Å². The van der Waals surface area contributed by atoms with Crippen molar-refractivity contribution in [1.82, 2.24) is 4.90 Å². The predicted octanol–water partition coefficient (Wildman–Crippen LogP) is 2.64. The predicted molar refractivity (Wildman–Crippen MR) is 85.4 cm³/mol. The van der Waals surface area contributed by atoms with Crippen LogP contribution in [-0.4, -0.2) is 54.4 Å². The van der Waals surface area contributed by atoms with E-state index < -0.39 is 6.10 Å². The third-order valence-corrected chi connectivity index (χ3v) is 4.55. The van der Waals surface area contributed by atoms with Gasteiger partial charge in [0.05, 0.1) is 0 Å². The molecule has 3 nitrogen and oxygen atoms in total. The first-order valence-corrected chi connectivity index (χ1v) is 8.85. The van der Waals surface area contributed by atoms with Crippen LogP contribution >= 0.6 is 11.8 Å². The van der Waals surface area contributed by atoms with Crippen LogP contribution < -0.4 is 4.74 Å². The van der Waals surface area contributed by atoms with E-state index in [1.807, 2.05) is 11.8 Å². The SMILES string of the molecule is CSC[C@@H]1CCCN(C[C@@H](O)COc2ccccc2F)C1. The number of likely N-dealkylation sites (tertiary alicyclic amines) is 1. The normalized spacial score (nSPS) is 21.2. The fraction of sp³-hybridized carbons (Fsp3) is 0.625. The van der Waals surface area contributed by atoms with Gasteiger partial charge in [0, 0.05) is 13.1 Å². The van der Waals surface area contributed by atoms with E-state index in [1.165, 1.54) is 24.7 Å². The number of β-amino-alcohol motifs (C(OH)–C–C–N with tert-alkyl or cyclic N) is 1. The summed E-state index contributed by atoms with van der Waals surface area (Å²) in [6.07, 6.45) is 4.01. The van der Waals surface area contributed by atoms with E-state index in [9.17, 15) is 9.50 Å². The van der Waals surface area contributed by atoms with Crippen molar-refractivity contribution < 1.29 is 14.2 Å². The first-order valence-electron chi connectivity index (χ1n) is 7.45. The van der Waals surface area contributed by atoms with Gasteiger partial charge in [-0.1, -0.05) is 12.1 Å². The third-order valence-electron chi connectivity index (χ3n) is 3.74. The summed E-state index contributed by atoms with van der Waals surface area (Å²) in [7, 11) is 0. The van der Waals surface area contributed by atoms with Crippen molar-refractivity contribution >= 4 is 11.8 Å². The maximum Gasteiger partial charge on any atom is 0.165 e. The van der Waals surface area contributed by atoms with Crippen molar-refractivity contribution in [2.45, 2.75) is 18.9 Å². The minimum absolute atomic E-state index is 0.130. The molecule has 0 spiro atoms. The van der Waals surface area contributed by atoms with Crippen LogP contribution in [0.2, 0.25) is 0 Å². The van der Waals surface area contributed by atoms with Crippen molar-refractivity contribution in [2.75, 3.05) is 38.2 Å². The Bertz CT molecular complexity index is 430. The number of piperidine rings is 1. The Kier molecular flexibility index (Phi) is 6.80. The summed E-state index contributed by atoms with van der Waals surface area (Å²) >= 11 is 1.88. The highest BCUT2D eigenvalue weighted by Crippen LogP contribution is 2.20. The van der Waals surface area contributed by atoms with Crippen LogP contribution in [0.25, 0.3) is 0 Å². The van der Waals surface area contributed by atoms with E-state index in [0.29, 0.717) is 12.5 Å². The smallest absolute Gasteiger partial charge is 0.165 e. The number of halogens is 1. The number of aliphatic hydroxyl groups excluding tert-OH is 1. The fourth-order valence-electron chi connectivity index (χ4n) is 2.79. The van der Waals surface area contributed by atoms with Crippen molar-refractivity contribution in [3.8, 4) is 5.75 Å². The van der Waals surface area contributed by atoms with Crippen molar-refractivity contribution in [1.29, 1.82) is 0 Å². The van der Waals surface area contributed by atoms with E-state index in [-0.39, 0.29) is 18.2 Å². The number of hydrogen-bond donors (Lipinski definition) is 1. The van der Waals surface area contributed by atoms with E-state index in [1.54, 1.807) is 18.2 Å². The van der Waals surface area contributed by atoms with Gasteiger partial charge in [-0.15, -0.1) is 0 Å². The molecule has 0 saturated carbocycles. The minimum atomic E-state index is -0.586. The molecule has 0 bridgehead atoms. The second kappa shape index (κ2) is 8.61. The molecule has 118 valence electrons. The maximum absolute atomic E-state index is 13.4. The largest absolute Gasteiger partial charge is 0.488 e. The summed E-state index contributed by atoms with van der Waals surface area (Å²) in [5, 5.41) is 10.1. The summed E-state index contributed by atoms with van der Waals surface area (Å²) < 4.78 is 18.8. The molecule has 1 saturated heterocycles. The number of para-hydroxylation sites is 1. The van der Waals surface area contributed by atoms with Gasteiger partial charge in [-0.3, -0.25) is 0 Å². The Hall–Kier alpha value is -0.780. The molecule has 1 N–H and O–H groups in total. The lowest BCUT2D eigenvalue weighted by Gasteiger charge is -2.33. The summed E-state index contributed by atoms with van der Waals surface area (Å²) in [6.45, 7) is 2.79. The zero-order valence-corrected chi connectivity index (χ0v) is 13.3. The Balaban J connectivity index is 1.74. The second-order valence-corrected chi connectivity index (χ2v) is 6.53. The molecule has 0 amide bonds. The van der Waals surface area contributed by atoms with E-state index >= 15 is 0 Å². The van der Waals surface area contributed by atoms with Crippen LogP contribution in [-0.2, 0) is 0 Å². The van der Waals surface area contributed by atoms with E-state index in [2.05, 4.69) is 11.2 Å². The molecule has 2 rings (SSSR count). The third kappa shape index (κ3) is 5.49. The monoisotopic (exact) mass is 313 g/mol. The molecule has 0 aromatic heterocycles. The fourth-order valence-corrected chi connectivity index (χ4v) is 3.53. The van der Waals surface area contributed by atoms with Gasteiger partial charge in [0.15, 0.2) is 11.6 Å². The molecule has 2 atom stereocenters. The number of nitrogens with zero attached hydrogens (tertiary/aromatic N) is 1. The van der Waals surface area contributed by atoms with Gasteiger partial charge < -0.3 is 14.7 Å². The number of thioether (sulfide) groups is 1. The highest BCUT2D eigenvalue weighted by molar-refractivity contribution is 7.98. The van der Waals surface area contributed by atoms with Crippen molar-refractivity contribution in [3.63, 3.8) is 0 Å². The van der Waals surface area contributed by atoms with Gasteiger partial charge in [0.25, 0.3) is 0 Å². The number of rotatable bonds is 7. The Labute approximate surface area is 130 Å². The average molecular weight is 313 g/mol. The number of benzene rings is 1. The molecule has 1 aromatic carbocycles. The molecule has 0 aliphatic carbocycles. The van der Waals surface area contributed by atoms with Gasteiger partial charge in [0.2, 0.25) is 0 Å². The first kappa shape index (κ1) is 16.6. The van der Waals surface area contributed by atoms with Crippen molar-refractivity contribution in [2.24, 2.45) is 5.92 Å². The Morgan fingerprint density at radius 3 is 3.05 bits per heavy atom. The zero-order chi connectivity index (χ0) is 15.1. The van der Waals surface area contributed by atoms with Crippen molar-refractivity contribution in [3.05, 3.63) is 30.1 Å². The molecule has 5 heteroatoms. The topological polar surface area (TPSA) is 32.7 Å². The lowest BCUT2D eigenvalue weighted by atomic mass is 10.00.